The molecule has 1 aliphatic rings. The topological polar surface area (TPSA) is 107 Å². The van der Waals surface area contributed by atoms with Crippen molar-refractivity contribution in [1.29, 1.82) is 0 Å². The van der Waals surface area contributed by atoms with Crippen molar-refractivity contribution in [2.24, 2.45) is 0 Å². The summed E-state index contributed by atoms with van der Waals surface area (Å²) in [6.07, 6.45) is -2.26. The van der Waals surface area contributed by atoms with E-state index in [1.54, 1.807) is 0 Å². The highest BCUT2D eigenvalue weighted by Crippen LogP contribution is 2.26. The quantitative estimate of drug-likeness (QED) is 0.454. The smallest absolute Gasteiger partial charge is 0.208 e. The van der Waals surface area contributed by atoms with E-state index in [0.29, 0.717) is 0 Å². The van der Waals surface area contributed by atoms with Crippen LogP contribution in [0.5, 0.6) is 0 Å². The molecule has 0 aliphatic carbocycles. The monoisotopic (exact) mass is 257 g/mol. The number of aliphatic hydroxyl groups is 3. The average Bonchev–Trinajstić information content (AvgIpc) is 2.12. The summed E-state index contributed by atoms with van der Waals surface area (Å²) in [4.78, 5) is 0. The minimum absolute atomic E-state index is 0.0500. The third kappa shape index (κ3) is 3.89. The van der Waals surface area contributed by atoms with Gasteiger partial charge in [-0.05, 0) is 0 Å². The second-order valence-corrected chi connectivity index (χ2v) is 6.65. The molecule has 0 aromatic rings. The van der Waals surface area contributed by atoms with E-state index in [-0.39, 0.29) is 12.3 Å². The largest absolute Gasteiger partial charge is 0.389 e. The Labute approximate surface area is 92.7 Å². The zero-order chi connectivity index (χ0) is 11.6. The summed E-state index contributed by atoms with van der Waals surface area (Å²) in [6, 6.07) is 0. The highest BCUT2D eigenvalue weighted by molar-refractivity contribution is 8.00. The summed E-state index contributed by atoms with van der Waals surface area (Å²) in [5.74, 6) is 0.286. The zero-order valence-electron chi connectivity index (χ0n) is 8.20. The molecule has 0 amide bonds. The molecule has 0 unspecified atom stereocenters. The van der Waals surface area contributed by atoms with E-state index < -0.39 is 33.6 Å². The van der Waals surface area contributed by atoms with Crippen LogP contribution in [0.25, 0.3) is 0 Å². The molecule has 1 saturated heterocycles. The summed E-state index contributed by atoms with van der Waals surface area (Å²) < 4.78 is 23.9. The number of sulfonamides is 1. The molecule has 0 bridgehead atoms. The molecule has 4 atom stereocenters. The normalized spacial score (nSPS) is 37.9. The number of hydrogen-bond donors (Lipinski definition) is 4. The first-order chi connectivity index (χ1) is 6.81. The Hall–Kier alpha value is 0.140. The van der Waals surface area contributed by atoms with Crippen molar-refractivity contribution in [3.8, 4) is 0 Å². The van der Waals surface area contributed by atoms with E-state index in [1.807, 2.05) is 0 Å². The van der Waals surface area contributed by atoms with Crippen LogP contribution >= 0.6 is 11.8 Å². The molecule has 4 N–H and O–H groups in total. The Morgan fingerprint density at radius 3 is 2.47 bits per heavy atom. The van der Waals surface area contributed by atoms with Crippen LogP contribution in [0.1, 0.15) is 0 Å². The number of rotatable bonds is 3. The summed E-state index contributed by atoms with van der Waals surface area (Å²) >= 11 is 1.24. The molecule has 15 heavy (non-hydrogen) atoms. The molecule has 0 saturated carbocycles. The summed E-state index contributed by atoms with van der Waals surface area (Å²) in [6.45, 7) is 0.0500. The molecule has 0 radical (unpaired) electrons. The van der Waals surface area contributed by atoms with Crippen molar-refractivity contribution in [2.75, 3.05) is 18.6 Å². The van der Waals surface area contributed by atoms with E-state index in [0.717, 1.165) is 6.26 Å². The van der Waals surface area contributed by atoms with Crippen LogP contribution in [0.2, 0.25) is 0 Å². The van der Waals surface area contributed by atoms with E-state index >= 15 is 0 Å². The van der Waals surface area contributed by atoms with Gasteiger partial charge >= 0.3 is 0 Å². The van der Waals surface area contributed by atoms with Gasteiger partial charge in [0, 0.05) is 17.5 Å². The standard InChI is InChI=1S/C7H15NO5S2/c1-15(12,13)8-2-5-7(11)6(10)4(9)3-14-5/h4-11H,2-3H2,1H3/t4-,5+,6+,7+/m0/s1. The van der Waals surface area contributed by atoms with Crippen molar-refractivity contribution in [3.05, 3.63) is 0 Å². The van der Waals surface area contributed by atoms with Crippen LogP contribution in [0.4, 0.5) is 0 Å². The van der Waals surface area contributed by atoms with E-state index in [9.17, 15) is 23.7 Å². The molecule has 90 valence electrons. The maximum absolute atomic E-state index is 10.8. The van der Waals surface area contributed by atoms with Crippen LogP contribution in [0.3, 0.4) is 0 Å². The molecule has 1 aliphatic heterocycles. The first-order valence-electron chi connectivity index (χ1n) is 4.41. The second-order valence-electron chi connectivity index (χ2n) is 3.54. The first-order valence-corrected chi connectivity index (χ1v) is 7.35. The SMILES string of the molecule is CS(=O)(=O)NC[C@H]1SC[C@H](O)[C@@H](O)[C@@H]1O. The third-order valence-electron chi connectivity index (χ3n) is 2.15. The fourth-order valence-electron chi connectivity index (χ4n) is 1.28. The van der Waals surface area contributed by atoms with Crippen LogP contribution in [-0.4, -0.2) is 65.9 Å². The fraction of sp³-hybridized carbons (Fsp3) is 1.00. The fourth-order valence-corrected chi connectivity index (χ4v) is 3.07. The number of hydrogen-bond acceptors (Lipinski definition) is 6. The lowest BCUT2D eigenvalue weighted by atomic mass is 10.1. The van der Waals surface area contributed by atoms with Gasteiger partial charge in [0.2, 0.25) is 10.0 Å². The molecule has 0 aromatic heterocycles. The van der Waals surface area contributed by atoms with Gasteiger partial charge in [0.05, 0.1) is 18.5 Å². The number of thioether (sulfide) groups is 1. The van der Waals surface area contributed by atoms with Crippen LogP contribution in [-0.2, 0) is 10.0 Å². The molecule has 6 nitrogen and oxygen atoms in total. The zero-order valence-corrected chi connectivity index (χ0v) is 9.83. The Balaban J connectivity index is 2.50. The molecule has 1 heterocycles. The van der Waals surface area contributed by atoms with Gasteiger partial charge in [0.1, 0.15) is 6.10 Å². The highest BCUT2D eigenvalue weighted by atomic mass is 32.2. The van der Waals surface area contributed by atoms with Crippen molar-refractivity contribution in [2.45, 2.75) is 23.6 Å². The molecular weight excluding hydrogens is 242 g/mol. The first kappa shape index (κ1) is 13.2. The molecule has 8 heteroatoms. The van der Waals surface area contributed by atoms with Crippen LogP contribution in [0, 0.1) is 0 Å². The van der Waals surface area contributed by atoms with Crippen molar-refractivity contribution < 1.29 is 23.7 Å². The number of nitrogens with one attached hydrogen (secondary N) is 1. The molecule has 1 fully saturated rings. The lowest BCUT2D eigenvalue weighted by molar-refractivity contribution is -0.0545. The Morgan fingerprint density at radius 2 is 1.93 bits per heavy atom. The maximum atomic E-state index is 10.8. The van der Waals surface area contributed by atoms with E-state index in [2.05, 4.69) is 4.72 Å². The van der Waals surface area contributed by atoms with Gasteiger partial charge in [-0.25, -0.2) is 13.1 Å². The van der Waals surface area contributed by atoms with Crippen molar-refractivity contribution in [1.82, 2.24) is 4.72 Å². The third-order valence-corrected chi connectivity index (χ3v) is 4.25. The molecule has 0 spiro atoms. The van der Waals surface area contributed by atoms with Gasteiger partial charge in [-0.3, -0.25) is 0 Å². The van der Waals surface area contributed by atoms with E-state index in [1.165, 1.54) is 11.8 Å². The lowest BCUT2D eigenvalue weighted by Gasteiger charge is -2.34. The maximum Gasteiger partial charge on any atom is 0.208 e. The Morgan fingerprint density at radius 1 is 1.33 bits per heavy atom. The van der Waals surface area contributed by atoms with Crippen molar-refractivity contribution >= 4 is 21.8 Å². The van der Waals surface area contributed by atoms with Gasteiger partial charge in [0.25, 0.3) is 0 Å². The van der Waals surface area contributed by atoms with Crippen LogP contribution in [0.15, 0.2) is 0 Å². The molecule has 0 aromatic carbocycles. The average molecular weight is 257 g/mol. The highest BCUT2D eigenvalue weighted by Gasteiger charge is 2.37. The number of aliphatic hydroxyl groups excluding tert-OH is 3. The molecular formula is C7H15NO5S2. The van der Waals surface area contributed by atoms with Gasteiger partial charge in [-0.2, -0.15) is 11.8 Å². The minimum atomic E-state index is -3.30. The van der Waals surface area contributed by atoms with Crippen molar-refractivity contribution in [3.63, 3.8) is 0 Å². The van der Waals surface area contributed by atoms with Gasteiger partial charge in [-0.1, -0.05) is 0 Å². The summed E-state index contributed by atoms with van der Waals surface area (Å²) in [7, 11) is -3.30. The lowest BCUT2D eigenvalue weighted by Crippen LogP contribution is -2.52. The minimum Gasteiger partial charge on any atom is -0.389 e. The molecule has 1 rings (SSSR count). The second kappa shape index (κ2) is 4.98. The Bertz CT molecular complexity index is 307. The Kier molecular flexibility index (Phi) is 4.38. The summed E-state index contributed by atoms with van der Waals surface area (Å²) in [5.41, 5.74) is 0. The van der Waals surface area contributed by atoms with Gasteiger partial charge in [0.15, 0.2) is 0 Å². The van der Waals surface area contributed by atoms with Gasteiger partial charge in [-0.15, -0.1) is 0 Å². The summed E-state index contributed by atoms with van der Waals surface area (Å²) in [5, 5.41) is 27.7. The van der Waals surface area contributed by atoms with E-state index in [4.69, 9.17) is 0 Å². The van der Waals surface area contributed by atoms with Gasteiger partial charge < -0.3 is 15.3 Å². The van der Waals surface area contributed by atoms with Crippen LogP contribution < -0.4 is 4.72 Å². The predicted octanol–water partition coefficient (Wildman–Crippen LogP) is -2.27. The predicted molar refractivity (Wildman–Crippen MR) is 57.1 cm³/mol.